The van der Waals surface area contributed by atoms with Crippen LogP contribution in [0.2, 0.25) is 10.0 Å². The molecule has 0 N–H and O–H groups in total. The molecule has 1 aliphatic heterocycles. The van der Waals surface area contributed by atoms with Crippen LogP contribution in [0.4, 0.5) is 0 Å². The third kappa shape index (κ3) is 6.19. The summed E-state index contributed by atoms with van der Waals surface area (Å²) in [5.41, 5.74) is 0.952. The van der Waals surface area contributed by atoms with Crippen molar-refractivity contribution in [3.05, 3.63) is 33.8 Å². The van der Waals surface area contributed by atoms with E-state index >= 15 is 0 Å². The fourth-order valence-electron chi connectivity index (χ4n) is 3.21. The first kappa shape index (κ1) is 20.1. The van der Waals surface area contributed by atoms with Gasteiger partial charge >= 0.3 is 0 Å². The summed E-state index contributed by atoms with van der Waals surface area (Å²) in [6.07, 6.45) is 3.27. The number of likely N-dealkylation sites (tertiary alicyclic amines) is 1. The molecular formula is C19H26Cl2N2O2. The largest absolute Gasteiger partial charge is 0.342 e. The van der Waals surface area contributed by atoms with Crippen molar-refractivity contribution in [1.82, 2.24) is 9.80 Å². The van der Waals surface area contributed by atoms with Crippen LogP contribution >= 0.6 is 23.2 Å². The minimum atomic E-state index is -0.0232. The van der Waals surface area contributed by atoms with Gasteiger partial charge in [0.05, 0.1) is 0 Å². The highest BCUT2D eigenvalue weighted by Gasteiger charge is 2.21. The Morgan fingerprint density at radius 2 is 2.04 bits per heavy atom. The van der Waals surface area contributed by atoms with Crippen LogP contribution < -0.4 is 0 Å². The number of piperidine rings is 1. The van der Waals surface area contributed by atoms with Gasteiger partial charge in [-0.25, -0.2) is 0 Å². The lowest BCUT2D eigenvalue weighted by atomic mass is 10.00. The lowest BCUT2D eigenvalue weighted by molar-refractivity contribution is -0.134. The molecule has 1 atom stereocenters. The van der Waals surface area contributed by atoms with Crippen molar-refractivity contribution in [3.8, 4) is 0 Å². The smallest absolute Gasteiger partial charge is 0.224 e. The molecule has 2 amide bonds. The molecule has 25 heavy (non-hydrogen) atoms. The molecule has 0 aromatic heterocycles. The first-order chi connectivity index (χ1) is 11.9. The van der Waals surface area contributed by atoms with E-state index in [1.807, 2.05) is 11.0 Å². The van der Waals surface area contributed by atoms with Gasteiger partial charge in [-0.15, -0.1) is 0 Å². The maximum Gasteiger partial charge on any atom is 0.224 e. The summed E-state index contributed by atoms with van der Waals surface area (Å²) >= 11 is 12.1. The summed E-state index contributed by atoms with van der Waals surface area (Å²) in [7, 11) is 0. The quantitative estimate of drug-likeness (QED) is 0.742. The molecule has 0 radical (unpaired) electrons. The molecule has 4 nitrogen and oxygen atoms in total. The van der Waals surface area contributed by atoms with Crippen molar-refractivity contribution < 1.29 is 9.59 Å². The molecule has 0 spiro atoms. The third-order valence-electron chi connectivity index (χ3n) is 4.72. The topological polar surface area (TPSA) is 40.6 Å². The van der Waals surface area contributed by atoms with Crippen molar-refractivity contribution in [2.75, 3.05) is 26.2 Å². The van der Waals surface area contributed by atoms with Crippen LogP contribution in [-0.4, -0.2) is 47.8 Å². The van der Waals surface area contributed by atoms with E-state index in [-0.39, 0.29) is 11.8 Å². The van der Waals surface area contributed by atoms with Gasteiger partial charge in [-0.1, -0.05) is 36.2 Å². The summed E-state index contributed by atoms with van der Waals surface area (Å²) in [5, 5.41) is 1.20. The van der Waals surface area contributed by atoms with Gasteiger partial charge in [-0.2, -0.15) is 0 Å². The number of nitrogens with zero attached hydrogens (tertiary/aromatic N) is 2. The molecular weight excluding hydrogens is 359 g/mol. The molecule has 1 aromatic carbocycles. The highest BCUT2D eigenvalue weighted by atomic mass is 35.5. The van der Waals surface area contributed by atoms with Crippen molar-refractivity contribution >= 4 is 35.0 Å². The highest BCUT2D eigenvalue weighted by Crippen LogP contribution is 2.21. The van der Waals surface area contributed by atoms with Gasteiger partial charge < -0.3 is 9.80 Å². The second kappa shape index (κ2) is 9.44. The summed E-state index contributed by atoms with van der Waals surface area (Å²) in [6.45, 7) is 6.38. The first-order valence-corrected chi connectivity index (χ1v) is 9.59. The molecule has 1 heterocycles. The van der Waals surface area contributed by atoms with E-state index in [2.05, 4.69) is 6.92 Å². The molecule has 0 aliphatic carbocycles. The Labute approximate surface area is 160 Å². The van der Waals surface area contributed by atoms with Gasteiger partial charge in [0.2, 0.25) is 11.8 Å². The van der Waals surface area contributed by atoms with E-state index in [0.29, 0.717) is 41.9 Å². The zero-order chi connectivity index (χ0) is 18.4. The predicted octanol–water partition coefficient (Wildman–Crippen LogP) is 4.03. The van der Waals surface area contributed by atoms with Gasteiger partial charge in [0.25, 0.3) is 0 Å². The number of carbonyl (C=O) groups is 2. The van der Waals surface area contributed by atoms with Gasteiger partial charge in [0.1, 0.15) is 0 Å². The first-order valence-electron chi connectivity index (χ1n) is 8.84. The minimum Gasteiger partial charge on any atom is -0.342 e. The number of halogens is 2. The van der Waals surface area contributed by atoms with Gasteiger partial charge in [0, 0.05) is 49.6 Å². The summed E-state index contributed by atoms with van der Waals surface area (Å²) < 4.78 is 0. The number of hydrogen-bond acceptors (Lipinski definition) is 2. The molecule has 2 rings (SSSR count). The molecule has 138 valence electrons. The number of benzene rings is 1. The van der Waals surface area contributed by atoms with E-state index in [1.165, 1.54) is 13.3 Å². The van der Waals surface area contributed by atoms with Gasteiger partial charge in [-0.05, 0) is 42.9 Å². The summed E-state index contributed by atoms with van der Waals surface area (Å²) in [5.74, 6) is 0.681. The number of hydrogen-bond donors (Lipinski definition) is 0. The fourth-order valence-corrected chi connectivity index (χ4v) is 3.71. The number of rotatable bonds is 6. The van der Waals surface area contributed by atoms with Crippen LogP contribution in [0.25, 0.3) is 0 Å². The second-order valence-electron chi connectivity index (χ2n) is 6.83. The van der Waals surface area contributed by atoms with E-state index in [4.69, 9.17) is 23.2 Å². The lowest BCUT2D eigenvalue weighted by Gasteiger charge is -2.31. The van der Waals surface area contributed by atoms with Gasteiger partial charge in [-0.3, -0.25) is 9.59 Å². The SMILES string of the molecule is CC(=O)N(CCC(=O)N1CCCC(C)C1)CCc1ccc(Cl)cc1Cl. The van der Waals surface area contributed by atoms with E-state index in [1.54, 1.807) is 17.0 Å². The molecule has 1 saturated heterocycles. The highest BCUT2D eigenvalue weighted by molar-refractivity contribution is 6.35. The normalized spacial score (nSPS) is 17.4. The van der Waals surface area contributed by atoms with Gasteiger partial charge in [0.15, 0.2) is 0 Å². The summed E-state index contributed by atoms with van der Waals surface area (Å²) in [6, 6.07) is 5.38. The summed E-state index contributed by atoms with van der Waals surface area (Å²) in [4.78, 5) is 27.9. The molecule has 1 fully saturated rings. The second-order valence-corrected chi connectivity index (χ2v) is 7.67. The average Bonchev–Trinajstić information content (AvgIpc) is 2.55. The molecule has 1 aliphatic rings. The molecule has 6 heteroatoms. The Hall–Kier alpha value is -1.26. The van der Waals surface area contributed by atoms with Crippen LogP contribution in [0.3, 0.4) is 0 Å². The Kier molecular flexibility index (Phi) is 7.57. The Morgan fingerprint density at radius 1 is 1.28 bits per heavy atom. The van der Waals surface area contributed by atoms with Crippen LogP contribution in [0.5, 0.6) is 0 Å². The molecule has 0 bridgehead atoms. The average molecular weight is 385 g/mol. The van der Waals surface area contributed by atoms with E-state index in [9.17, 15) is 9.59 Å². The predicted molar refractivity (Wildman–Crippen MR) is 102 cm³/mol. The number of carbonyl (C=O) groups excluding carboxylic acids is 2. The molecule has 1 aromatic rings. The Morgan fingerprint density at radius 3 is 2.68 bits per heavy atom. The molecule has 0 saturated carbocycles. The monoisotopic (exact) mass is 384 g/mol. The van der Waals surface area contributed by atoms with Crippen LogP contribution in [0.15, 0.2) is 18.2 Å². The van der Waals surface area contributed by atoms with Crippen molar-refractivity contribution in [3.63, 3.8) is 0 Å². The minimum absolute atomic E-state index is 0.0232. The molecule has 1 unspecified atom stereocenters. The zero-order valence-electron chi connectivity index (χ0n) is 14.9. The maximum atomic E-state index is 12.4. The van der Waals surface area contributed by atoms with E-state index < -0.39 is 0 Å². The maximum absolute atomic E-state index is 12.4. The standard InChI is InChI=1S/C19H26Cl2N2O2/c1-14-4-3-9-23(13-14)19(25)8-11-22(15(2)24)10-7-16-5-6-17(20)12-18(16)21/h5-6,12,14H,3-4,7-11,13H2,1-2H3. The van der Waals surface area contributed by atoms with Crippen molar-refractivity contribution in [1.29, 1.82) is 0 Å². The van der Waals surface area contributed by atoms with Crippen LogP contribution in [0.1, 0.15) is 38.7 Å². The van der Waals surface area contributed by atoms with Crippen molar-refractivity contribution in [2.45, 2.75) is 39.5 Å². The lowest BCUT2D eigenvalue weighted by Crippen LogP contribution is -2.41. The number of amides is 2. The van der Waals surface area contributed by atoms with Crippen molar-refractivity contribution in [2.24, 2.45) is 5.92 Å². The van der Waals surface area contributed by atoms with Crippen LogP contribution in [-0.2, 0) is 16.0 Å². The Bertz CT molecular complexity index is 621. The van der Waals surface area contributed by atoms with E-state index in [0.717, 1.165) is 25.1 Å². The fraction of sp³-hybridized carbons (Fsp3) is 0.579. The Balaban J connectivity index is 1.86. The zero-order valence-corrected chi connectivity index (χ0v) is 16.4. The third-order valence-corrected chi connectivity index (χ3v) is 5.30. The van der Waals surface area contributed by atoms with Crippen LogP contribution in [0, 0.1) is 5.92 Å².